The summed E-state index contributed by atoms with van der Waals surface area (Å²) >= 11 is 0. The van der Waals surface area contributed by atoms with Crippen LogP contribution in [0.4, 0.5) is 0 Å². The van der Waals surface area contributed by atoms with Gasteiger partial charge in [-0.2, -0.15) is 0 Å². The van der Waals surface area contributed by atoms with Crippen molar-refractivity contribution in [2.45, 2.75) is 13.0 Å². The second kappa shape index (κ2) is 6.07. The van der Waals surface area contributed by atoms with Crippen LogP contribution in [0.2, 0.25) is 0 Å². The van der Waals surface area contributed by atoms with Crippen LogP contribution in [-0.4, -0.2) is 45.3 Å². The van der Waals surface area contributed by atoms with E-state index in [0.717, 1.165) is 24.6 Å². The zero-order valence-electron chi connectivity index (χ0n) is 11.4. The first-order chi connectivity index (χ1) is 8.74. The van der Waals surface area contributed by atoms with Crippen LogP contribution in [0.25, 0.3) is 0 Å². The van der Waals surface area contributed by atoms with E-state index in [0.29, 0.717) is 19.3 Å². The minimum Gasteiger partial charge on any atom is -0.486 e. The minimum absolute atomic E-state index is 0.311. The number of nitrogens with zero attached hydrogens (tertiary/aromatic N) is 1. The topological polar surface area (TPSA) is 33.7 Å². The van der Waals surface area contributed by atoms with Crippen molar-refractivity contribution in [2.24, 2.45) is 0 Å². The normalized spacial score (nSPS) is 15.8. The molecule has 0 aromatic heterocycles. The summed E-state index contributed by atoms with van der Waals surface area (Å²) in [5.74, 6) is 1.71. The van der Waals surface area contributed by atoms with Crippen molar-refractivity contribution in [3.63, 3.8) is 0 Å². The first-order valence-electron chi connectivity index (χ1n) is 6.50. The van der Waals surface area contributed by atoms with Gasteiger partial charge in [-0.15, -0.1) is 0 Å². The Kier molecular flexibility index (Phi) is 4.44. The average Bonchev–Trinajstić information content (AvgIpc) is 2.44. The maximum Gasteiger partial charge on any atom is 0.161 e. The summed E-state index contributed by atoms with van der Waals surface area (Å²) in [4.78, 5) is 2.29. The Morgan fingerprint density at radius 1 is 1.28 bits per heavy atom. The second-order valence-electron chi connectivity index (χ2n) is 4.60. The number of fused-ring (bicyclic) bond motifs is 1. The highest BCUT2D eigenvalue weighted by Gasteiger charge is 2.16. The molecule has 4 nitrogen and oxygen atoms in total. The number of benzene rings is 1. The molecule has 1 unspecified atom stereocenters. The molecule has 0 radical (unpaired) electrons. The van der Waals surface area contributed by atoms with Gasteiger partial charge in [-0.25, -0.2) is 0 Å². The molecule has 1 aliphatic rings. The van der Waals surface area contributed by atoms with Gasteiger partial charge in [0.05, 0.1) is 0 Å². The van der Waals surface area contributed by atoms with Crippen LogP contribution in [0.3, 0.4) is 0 Å². The molecule has 0 saturated heterocycles. The molecular weight excluding hydrogens is 228 g/mol. The Morgan fingerprint density at radius 3 is 2.67 bits per heavy atom. The molecule has 1 atom stereocenters. The second-order valence-corrected chi connectivity index (χ2v) is 4.60. The van der Waals surface area contributed by atoms with Crippen molar-refractivity contribution in [3.05, 3.63) is 23.8 Å². The zero-order chi connectivity index (χ0) is 13.0. The van der Waals surface area contributed by atoms with Gasteiger partial charge < -0.3 is 19.7 Å². The number of likely N-dealkylation sites (N-methyl/N-ethyl adjacent to an activating group) is 2. The fraction of sp³-hybridized carbons (Fsp3) is 0.571. The van der Waals surface area contributed by atoms with Crippen molar-refractivity contribution in [1.82, 2.24) is 10.2 Å². The Hall–Kier alpha value is -1.26. The van der Waals surface area contributed by atoms with Crippen LogP contribution in [0.5, 0.6) is 11.5 Å². The highest BCUT2D eigenvalue weighted by molar-refractivity contribution is 5.44. The fourth-order valence-corrected chi connectivity index (χ4v) is 2.08. The molecule has 1 aromatic carbocycles. The van der Waals surface area contributed by atoms with Gasteiger partial charge in [0.25, 0.3) is 0 Å². The predicted octanol–water partition coefficient (Wildman–Crippen LogP) is 1.67. The molecular formula is C14H22N2O2. The molecule has 1 aromatic rings. The summed E-state index contributed by atoms with van der Waals surface area (Å²) in [7, 11) is 4.12. The number of rotatable bonds is 5. The molecule has 0 spiro atoms. The van der Waals surface area contributed by atoms with Crippen molar-refractivity contribution >= 4 is 0 Å². The first kappa shape index (κ1) is 13.2. The van der Waals surface area contributed by atoms with Crippen LogP contribution >= 0.6 is 0 Å². The lowest BCUT2D eigenvalue weighted by Gasteiger charge is -2.25. The number of hydrogen-bond donors (Lipinski definition) is 1. The van der Waals surface area contributed by atoms with E-state index < -0.39 is 0 Å². The number of nitrogens with one attached hydrogen (secondary N) is 1. The van der Waals surface area contributed by atoms with Crippen LogP contribution in [-0.2, 0) is 0 Å². The third kappa shape index (κ3) is 2.94. The molecule has 1 aliphatic heterocycles. The van der Waals surface area contributed by atoms with Gasteiger partial charge in [0, 0.05) is 12.6 Å². The van der Waals surface area contributed by atoms with Crippen LogP contribution in [0, 0.1) is 0 Å². The average molecular weight is 250 g/mol. The lowest BCUT2D eigenvalue weighted by atomic mass is 10.1. The third-order valence-corrected chi connectivity index (χ3v) is 3.35. The molecule has 0 saturated carbocycles. The van der Waals surface area contributed by atoms with Crippen LogP contribution in [0.15, 0.2) is 18.2 Å². The van der Waals surface area contributed by atoms with Crippen molar-refractivity contribution in [3.8, 4) is 11.5 Å². The zero-order valence-corrected chi connectivity index (χ0v) is 11.4. The quantitative estimate of drug-likeness (QED) is 0.862. The van der Waals surface area contributed by atoms with Crippen molar-refractivity contribution < 1.29 is 9.47 Å². The molecule has 0 amide bonds. The van der Waals surface area contributed by atoms with Gasteiger partial charge in [0.2, 0.25) is 0 Å². The monoisotopic (exact) mass is 250 g/mol. The molecule has 0 aliphatic carbocycles. The largest absolute Gasteiger partial charge is 0.486 e. The van der Waals surface area contributed by atoms with Gasteiger partial charge in [0.15, 0.2) is 11.5 Å². The Labute approximate surface area is 109 Å². The van der Waals surface area contributed by atoms with E-state index in [-0.39, 0.29) is 0 Å². The predicted molar refractivity (Wildman–Crippen MR) is 72.4 cm³/mol. The smallest absolute Gasteiger partial charge is 0.161 e. The standard InChI is InChI=1S/C14H22N2O2/c1-4-16(3)10-12(15-2)11-5-6-13-14(9-11)18-8-7-17-13/h5-6,9,12,15H,4,7-8,10H2,1-3H3. The summed E-state index contributed by atoms with van der Waals surface area (Å²) in [6, 6.07) is 6.50. The summed E-state index contributed by atoms with van der Waals surface area (Å²) in [6.07, 6.45) is 0. The lowest BCUT2D eigenvalue weighted by Crippen LogP contribution is -2.31. The maximum absolute atomic E-state index is 5.62. The van der Waals surface area contributed by atoms with E-state index in [4.69, 9.17) is 9.47 Å². The highest BCUT2D eigenvalue weighted by Crippen LogP contribution is 2.32. The van der Waals surface area contributed by atoms with E-state index in [1.165, 1.54) is 5.56 Å². The van der Waals surface area contributed by atoms with Crippen molar-refractivity contribution in [2.75, 3.05) is 40.4 Å². The summed E-state index contributed by atoms with van der Waals surface area (Å²) in [6.45, 7) is 5.46. The van der Waals surface area contributed by atoms with Gasteiger partial charge in [-0.3, -0.25) is 0 Å². The number of hydrogen-bond acceptors (Lipinski definition) is 4. The molecule has 0 fully saturated rings. The lowest BCUT2D eigenvalue weighted by molar-refractivity contribution is 0.171. The van der Waals surface area contributed by atoms with Gasteiger partial charge in [0.1, 0.15) is 13.2 Å². The first-order valence-corrected chi connectivity index (χ1v) is 6.50. The van der Waals surface area contributed by atoms with E-state index in [1.54, 1.807) is 0 Å². The van der Waals surface area contributed by atoms with E-state index >= 15 is 0 Å². The Bertz CT molecular complexity index is 395. The molecule has 4 heteroatoms. The maximum atomic E-state index is 5.62. The van der Waals surface area contributed by atoms with Crippen molar-refractivity contribution in [1.29, 1.82) is 0 Å². The Balaban J connectivity index is 2.15. The van der Waals surface area contributed by atoms with E-state index in [1.807, 2.05) is 13.1 Å². The minimum atomic E-state index is 0.311. The molecule has 0 bridgehead atoms. The van der Waals surface area contributed by atoms with E-state index in [9.17, 15) is 0 Å². The summed E-state index contributed by atoms with van der Waals surface area (Å²) < 4.78 is 11.2. The van der Waals surface area contributed by atoms with Gasteiger partial charge in [-0.05, 0) is 38.3 Å². The Morgan fingerprint density at radius 2 is 2.00 bits per heavy atom. The molecule has 100 valence electrons. The fourth-order valence-electron chi connectivity index (χ4n) is 2.08. The SMILES string of the molecule is CCN(C)CC(NC)c1ccc2c(c1)OCCO2. The summed E-state index contributed by atoms with van der Waals surface area (Å²) in [5, 5.41) is 3.35. The molecule has 1 heterocycles. The molecule has 18 heavy (non-hydrogen) atoms. The summed E-state index contributed by atoms with van der Waals surface area (Å²) in [5.41, 5.74) is 1.24. The number of ether oxygens (including phenoxy) is 2. The van der Waals surface area contributed by atoms with E-state index in [2.05, 4.69) is 36.3 Å². The highest BCUT2D eigenvalue weighted by atomic mass is 16.6. The van der Waals surface area contributed by atoms with Crippen LogP contribution < -0.4 is 14.8 Å². The molecule has 2 rings (SSSR count). The van der Waals surface area contributed by atoms with Gasteiger partial charge in [-0.1, -0.05) is 13.0 Å². The third-order valence-electron chi connectivity index (χ3n) is 3.35. The van der Waals surface area contributed by atoms with Crippen LogP contribution in [0.1, 0.15) is 18.5 Å². The van der Waals surface area contributed by atoms with Gasteiger partial charge >= 0.3 is 0 Å². The molecule has 1 N–H and O–H groups in total.